The fourth-order valence-corrected chi connectivity index (χ4v) is 5.30. The zero-order valence-electron chi connectivity index (χ0n) is 17.4. The molecule has 1 saturated heterocycles. The number of halogens is 1. The van der Waals surface area contributed by atoms with Gasteiger partial charge in [0.2, 0.25) is 0 Å². The van der Waals surface area contributed by atoms with Gasteiger partial charge in [-0.25, -0.2) is 4.98 Å². The summed E-state index contributed by atoms with van der Waals surface area (Å²) >= 11 is 7.88. The number of aromatic nitrogens is 1. The third-order valence-corrected chi connectivity index (χ3v) is 6.86. The van der Waals surface area contributed by atoms with Crippen molar-refractivity contribution >= 4 is 28.8 Å². The number of carbonyl (C=O) groups is 1. The first-order valence-corrected chi connectivity index (χ1v) is 11.3. The van der Waals surface area contributed by atoms with Crippen molar-refractivity contribution in [2.75, 3.05) is 13.7 Å². The largest absolute Gasteiger partial charge is 0.495 e. The minimum absolute atomic E-state index is 0.0259. The first kappa shape index (κ1) is 20.9. The highest BCUT2D eigenvalue weighted by atomic mass is 35.5. The standard InChI is InChI=1S/C24H25ClN2O2S/c1-15-6-4-7-18(12-15)23-22(26-16(2)30-23)24(28)27-11-5-8-19(27)13-17-9-10-21(29-3)20(25)14-17/h4,6-7,9-10,12,14,19H,5,8,11,13H2,1-3H3/t19-/m0/s1. The molecule has 1 aliphatic heterocycles. The minimum atomic E-state index is 0.0259. The summed E-state index contributed by atoms with van der Waals surface area (Å²) in [7, 11) is 1.61. The highest BCUT2D eigenvalue weighted by molar-refractivity contribution is 7.15. The van der Waals surface area contributed by atoms with Crippen molar-refractivity contribution in [3.05, 3.63) is 69.3 Å². The molecule has 2 aromatic carbocycles. The molecule has 0 saturated carbocycles. The number of rotatable bonds is 5. The number of likely N-dealkylation sites (tertiary alicyclic amines) is 1. The van der Waals surface area contributed by atoms with Gasteiger partial charge in [-0.2, -0.15) is 0 Å². The predicted molar refractivity (Wildman–Crippen MR) is 123 cm³/mol. The van der Waals surface area contributed by atoms with E-state index in [0.717, 1.165) is 46.8 Å². The summed E-state index contributed by atoms with van der Waals surface area (Å²) in [6, 6.07) is 14.3. The van der Waals surface area contributed by atoms with Crippen LogP contribution in [0.3, 0.4) is 0 Å². The summed E-state index contributed by atoms with van der Waals surface area (Å²) < 4.78 is 5.25. The summed E-state index contributed by atoms with van der Waals surface area (Å²) in [5.41, 5.74) is 3.91. The van der Waals surface area contributed by atoms with Gasteiger partial charge in [-0.05, 0) is 56.4 Å². The fourth-order valence-electron chi connectivity index (χ4n) is 4.11. The van der Waals surface area contributed by atoms with E-state index in [0.29, 0.717) is 16.5 Å². The first-order valence-electron chi connectivity index (χ1n) is 10.1. The number of hydrogen-bond acceptors (Lipinski definition) is 4. The molecule has 0 radical (unpaired) electrons. The molecule has 1 aromatic heterocycles. The molecule has 0 bridgehead atoms. The van der Waals surface area contributed by atoms with Crippen LogP contribution in [0.4, 0.5) is 0 Å². The number of thiazole rings is 1. The van der Waals surface area contributed by atoms with Gasteiger partial charge in [0.05, 0.1) is 22.0 Å². The average molecular weight is 441 g/mol. The third kappa shape index (κ3) is 4.23. The maximum atomic E-state index is 13.5. The van der Waals surface area contributed by atoms with Gasteiger partial charge in [-0.3, -0.25) is 4.79 Å². The maximum Gasteiger partial charge on any atom is 0.274 e. The van der Waals surface area contributed by atoms with Gasteiger partial charge in [0.15, 0.2) is 0 Å². The molecule has 4 nitrogen and oxygen atoms in total. The second-order valence-corrected chi connectivity index (χ2v) is 9.36. The Balaban J connectivity index is 1.59. The second kappa shape index (κ2) is 8.78. The van der Waals surface area contributed by atoms with E-state index in [2.05, 4.69) is 30.1 Å². The summed E-state index contributed by atoms with van der Waals surface area (Å²) in [5.74, 6) is 0.693. The van der Waals surface area contributed by atoms with Crippen LogP contribution < -0.4 is 4.74 Å². The van der Waals surface area contributed by atoms with Gasteiger partial charge in [0, 0.05) is 12.6 Å². The van der Waals surface area contributed by atoms with Crippen molar-refractivity contribution in [2.24, 2.45) is 0 Å². The van der Waals surface area contributed by atoms with Crippen molar-refractivity contribution in [2.45, 2.75) is 39.2 Å². The lowest BCUT2D eigenvalue weighted by Crippen LogP contribution is -2.37. The van der Waals surface area contributed by atoms with E-state index in [1.807, 2.05) is 36.1 Å². The van der Waals surface area contributed by atoms with Crippen molar-refractivity contribution in [1.29, 1.82) is 0 Å². The van der Waals surface area contributed by atoms with Crippen molar-refractivity contribution in [3.8, 4) is 16.2 Å². The van der Waals surface area contributed by atoms with Crippen LogP contribution in [0, 0.1) is 13.8 Å². The van der Waals surface area contributed by atoms with Gasteiger partial charge in [0.25, 0.3) is 5.91 Å². The van der Waals surface area contributed by atoms with Crippen LogP contribution in [0.1, 0.15) is 39.5 Å². The van der Waals surface area contributed by atoms with Crippen LogP contribution in [-0.4, -0.2) is 35.5 Å². The summed E-state index contributed by atoms with van der Waals surface area (Å²) in [6.07, 6.45) is 2.76. The minimum Gasteiger partial charge on any atom is -0.495 e. The molecule has 3 aromatic rings. The van der Waals surface area contributed by atoms with Crippen LogP contribution in [0.5, 0.6) is 5.75 Å². The number of hydrogen-bond donors (Lipinski definition) is 0. The normalized spacial score (nSPS) is 16.1. The van der Waals surface area contributed by atoms with Crippen LogP contribution in [0.15, 0.2) is 42.5 Å². The monoisotopic (exact) mass is 440 g/mol. The number of aryl methyl sites for hydroxylation is 2. The predicted octanol–water partition coefficient (Wildman–Crippen LogP) is 5.94. The number of nitrogens with zero attached hydrogens (tertiary/aromatic N) is 2. The summed E-state index contributed by atoms with van der Waals surface area (Å²) in [5, 5.41) is 1.51. The average Bonchev–Trinajstić information content (AvgIpc) is 3.34. The lowest BCUT2D eigenvalue weighted by molar-refractivity contribution is 0.0732. The van der Waals surface area contributed by atoms with E-state index in [-0.39, 0.29) is 11.9 Å². The molecular weight excluding hydrogens is 416 g/mol. The lowest BCUT2D eigenvalue weighted by atomic mass is 10.0. The van der Waals surface area contributed by atoms with E-state index in [1.165, 1.54) is 5.56 Å². The SMILES string of the molecule is COc1ccc(C[C@@H]2CCCN2C(=O)c2nc(C)sc2-c2cccc(C)c2)cc1Cl. The highest BCUT2D eigenvalue weighted by Crippen LogP contribution is 2.34. The van der Waals surface area contributed by atoms with E-state index >= 15 is 0 Å². The van der Waals surface area contributed by atoms with Crippen molar-refractivity contribution in [3.63, 3.8) is 0 Å². The molecule has 6 heteroatoms. The van der Waals surface area contributed by atoms with E-state index < -0.39 is 0 Å². The van der Waals surface area contributed by atoms with Gasteiger partial charge >= 0.3 is 0 Å². The molecule has 30 heavy (non-hydrogen) atoms. The first-order chi connectivity index (χ1) is 14.5. The fraction of sp³-hybridized carbons (Fsp3) is 0.333. The molecule has 1 atom stereocenters. The van der Waals surface area contributed by atoms with Crippen molar-refractivity contribution < 1.29 is 9.53 Å². The molecule has 1 fully saturated rings. The van der Waals surface area contributed by atoms with Crippen LogP contribution in [0.25, 0.3) is 10.4 Å². The Hall–Kier alpha value is -2.37. The zero-order valence-corrected chi connectivity index (χ0v) is 19.0. The van der Waals surface area contributed by atoms with Gasteiger partial charge in [-0.1, -0.05) is 47.5 Å². The topological polar surface area (TPSA) is 42.4 Å². The molecule has 0 unspecified atom stereocenters. The molecule has 0 spiro atoms. The Kier molecular flexibility index (Phi) is 6.11. The van der Waals surface area contributed by atoms with E-state index in [1.54, 1.807) is 18.4 Å². The Labute approximate surface area is 186 Å². The van der Waals surface area contributed by atoms with Gasteiger partial charge < -0.3 is 9.64 Å². The highest BCUT2D eigenvalue weighted by Gasteiger charge is 2.32. The number of carbonyl (C=O) groups excluding carboxylic acids is 1. The second-order valence-electron chi connectivity index (χ2n) is 7.75. The maximum absolute atomic E-state index is 13.5. The Morgan fingerprint density at radius 3 is 2.83 bits per heavy atom. The summed E-state index contributed by atoms with van der Waals surface area (Å²) in [4.78, 5) is 21.1. The number of benzene rings is 2. The van der Waals surface area contributed by atoms with Crippen LogP contribution in [0.2, 0.25) is 5.02 Å². The number of methoxy groups -OCH3 is 1. The van der Waals surface area contributed by atoms with Gasteiger partial charge in [-0.15, -0.1) is 11.3 Å². The lowest BCUT2D eigenvalue weighted by Gasteiger charge is -2.25. The van der Waals surface area contributed by atoms with E-state index in [9.17, 15) is 4.79 Å². The van der Waals surface area contributed by atoms with Crippen LogP contribution in [-0.2, 0) is 6.42 Å². The number of ether oxygens (including phenoxy) is 1. The smallest absolute Gasteiger partial charge is 0.274 e. The molecule has 1 amide bonds. The molecule has 0 aliphatic carbocycles. The third-order valence-electron chi connectivity index (χ3n) is 5.54. The molecule has 1 aliphatic rings. The van der Waals surface area contributed by atoms with E-state index in [4.69, 9.17) is 16.3 Å². The molecule has 0 N–H and O–H groups in total. The molecular formula is C24H25ClN2O2S. The number of amides is 1. The Morgan fingerprint density at radius 1 is 1.27 bits per heavy atom. The van der Waals surface area contributed by atoms with Gasteiger partial charge in [0.1, 0.15) is 11.4 Å². The molecule has 156 valence electrons. The zero-order chi connectivity index (χ0) is 21.3. The summed E-state index contributed by atoms with van der Waals surface area (Å²) in [6.45, 7) is 4.79. The Bertz CT molecular complexity index is 1080. The molecule has 2 heterocycles. The van der Waals surface area contributed by atoms with Crippen molar-refractivity contribution in [1.82, 2.24) is 9.88 Å². The quantitative estimate of drug-likeness (QED) is 0.493. The van der Waals surface area contributed by atoms with Crippen LogP contribution >= 0.6 is 22.9 Å². The Morgan fingerprint density at radius 2 is 2.10 bits per heavy atom. The molecule has 4 rings (SSSR count).